The molecule has 0 saturated carbocycles. The predicted molar refractivity (Wildman–Crippen MR) is 156 cm³/mol. The highest BCUT2D eigenvalue weighted by Gasteiger charge is 2.19. The molecule has 10 heteroatoms. The van der Waals surface area contributed by atoms with E-state index in [4.69, 9.17) is 15.1 Å². The third-order valence-corrected chi connectivity index (χ3v) is 6.84. The number of hydrogen-bond acceptors (Lipinski definition) is 9. The summed E-state index contributed by atoms with van der Waals surface area (Å²) in [7, 11) is 1.80. The number of ether oxygens (including phenoxy) is 1. The molecule has 0 radical (unpaired) electrons. The summed E-state index contributed by atoms with van der Waals surface area (Å²) in [6.45, 7) is 8.48. The summed E-state index contributed by atoms with van der Waals surface area (Å²) in [4.78, 5) is 13.9. The topological polar surface area (TPSA) is 118 Å². The molecule has 0 atom stereocenters. The average molecular weight is 536 g/mol. The van der Waals surface area contributed by atoms with Crippen LogP contribution in [0.4, 0.5) is 5.82 Å². The highest BCUT2D eigenvalue weighted by atomic mass is 16.5. The summed E-state index contributed by atoms with van der Waals surface area (Å²) in [5.74, 6) is 1.59. The van der Waals surface area contributed by atoms with Gasteiger partial charge in [0.15, 0.2) is 0 Å². The highest BCUT2D eigenvalue weighted by molar-refractivity contribution is 6.08. The number of nitriles is 1. The van der Waals surface area contributed by atoms with Crippen molar-refractivity contribution in [1.29, 1.82) is 10.7 Å². The lowest BCUT2D eigenvalue weighted by Gasteiger charge is -2.35. The quantitative estimate of drug-likeness (QED) is 0.309. The number of fused-ring (bicyclic) bond motifs is 1. The van der Waals surface area contributed by atoms with Crippen molar-refractivity contribution in [3.8, 4) is 23.1 Å². The number of nitrogens with zero attached hydrogens (tertiary/aromatic N) is 7. The summed E-state index contributed by atoms with van der Waals surface area (Å²) in [5.41, 5.74) is 5.65. The molecule has 0 unspecified atom stereocenters. The molecule has 1 aliphatic heterocycles. The van der Waals surface area contributed by atoms with E-state index in [0.717, 1.165) is 60.7 Å². The smallest absolute Gasteiger partial charge is 0.213 e. The molecule has 0 aliphatic carbocycles. The largest absolute Gasteiger partial charge is 0.475 e. The van der Waals surface area contributed by atoms with Crippen molar-refractivity contribution in [3.63, 3.8) is 0 Å². The Morgan fingerprint density at radius 2 is 1.95 bits per heavy atom. The van der Waals surface area contributed by atoms with Crippen LogP contribution in [0.1, 0.15) is 30.5 Å². The number of aromatic nitrogens is 4. The molecule has 1 fully saturated rings. The first-order valence-electron chi connectivity index (χ1n) is 13.3. The lowest BCUT2D eigenvalue weighted by atomic mass is 10.0. The molecule has 5 rings (SSSR count). The van der Waals surface area contributed by atoms with Gasteiger partial charge < -0.3 is 20.4 Å². The maximum atomic E-state index is 9.68. The first-order chi connectivity index (χ1) is 19.5. The fourth-order valence-electron chi connectivity index (χ4n) is 4.89. The number of hydrogen-bond donors (Lipinski definition) is 2. The van der Waals surface area contributed by atoms with E-state index in [1.807, 2.05) is 56.7 Å². The maximum absolute atomic E-state index is 9.68. The van der Waals surface area contributed by atoms with E-state index in [2.05, 4.69) is 37.3 Å². The van der Waals surface area contributed by atoms with Crippen molar-refractivity contribution in [2.75, 3.05) is 38.1 Å². The van der Waals surface area contributed by atoms with Crippen molar-refractivity contribution in [3.05, 3.63) is 78.0 Å². The Kier molecular flexibility index (Phi) is 8.03. The number of allylic oxidation sites excluding steroid dienone is 1. The van der Waals surface area contributed by atoms with Gasteiger partial charge in [-0.3, -0.25) is 4.90 Å². The van der Waals surface area contributed by atoms with Crippen LogP contribution in [0.25, 0.3) is 22.2 Å². The molecular weight excluding hydrogens is 502 g/mol. The molecule has 1 saturated heterocycles. The highest BCUT2D eigenvalue weighted by Crippen LogP contribution is 2.31. The average Bonchev–Trinajstić information content (AvgIpc) is 3.40. The van der Waals surface area contributed by atoms with Gasteiger partial charge in [0, 0.05) is 99.1 Å². The molecule has 0 bridgehead atoms. The first-order valence-corrected chi connectivity index (χ1v) is 13.3. The van der Waals surface area contributed by atoms with Crippen LogP contribution in [-0.2, 0) is 6.54 Å². The monoisotopic (exact) mass is 535 g/mol. The lowest BCUT2D eigenvalue weighted by Crippen LogP contribution is -2.46. The van der Waals surface area contributed by atoms with Gasteiger partial charge in [0.05, 0.1) is 23.4 Å². The molecule has 4 aromatic heterocycles. The number of piperazine rings is 1. The Morgan fingerprint density at radius 3 is 2.58 bits per heavy atom. The molecule has 40 heavy (non-hydrogen) atoms. The molecule has 0 spiro atoms. The van der Waals surface area contributed by atoms with Crippen LogP contribution in [0.5, 0.6) is 5.88 Å². The Morgan fingerprint density at radius 1 is 1.12 bits per heavy atom. The Balaban J connectivity index is 1.30. The fraction of sp³-hybridized carbons (Fsp3) is 0.300. The summed E-state index contributed by atoms with van der Waals surface area (Å²) in [6, 6.07) is 12.3. The predicted octanol–water partition coefficient (Wildman–Crippen LogP) is 3.98. The SMILES string of the molecule is CN/C=C(\C=N)c1cc(-c2ccc(N3CCN(Cc4ccc(OC(C)C)nc4)CC3)nc2)c2c(C#N)cnn2c1. The van der Waals surface area contributed by atoms with E-state index < -0.39 is 0 Å². The van der Waals surface area contributed by atoms with Gasteiger partial charge in [-0.15, -0.1) is 0 Å². The first kappa shape index (κ1) is 26.8. The molecule has 0 aromatic carbocycles. The molecular formula is C30H33N9O. The fourth-order valence-corrected chi connectivity index (χ4v) is 4.89. The standard InChI is InChI=1S/C30H33N9O/c1-21(2)40-29-7-4-22(15-35-29)19-37-8-10-38(11-9-37)28-6-5-23(17-34-28)27-12-24(25(13-31)16-33-3)20-39-30(27)26(14-32)18-36-39/h4-7,12-13,15-18,20-21,31,33H,8-11,19H2,1-3H3/b25-16+,31-13?. The Labute approximate surface area is 234 Å². The molecule has 4 aromatic rings. The van der Waals surface area contributed by atoms with Crippen LogP contribution in [0.15, 0.2) is 61.3 Å². The van der Waals surface area contributed by atoms with E-state index in [0.29, 0.717) is 17.0 Å². The van der Waals surface area contributed by atoms with E-state index in [1.54, 1.807) is 24.0 Å². The Bertz CT molecular complexity index is 1540. The lowest BCUT2D eigenvalue weighted by molar-refractivity contribution is 0.231. The normalized spacial score (nSPS) is 14.4. The van der Waals surface area contributed by atoms with Gasteiger partial charge in [0.25, 0.3) is 0 Å². The van der Waals surface area contributed by atoms with Gasteiger partial charge in [-0.25, -0.2) is 14.5 Å². The van der Waals surface area contributed by atoms with Gasteiger partial charge in [-0.2, -0.15) is 10.4 Å². The van der Waals surface area contributed by atoms with Crippen molar-refractivity contribution < 1.29 is 4.74 Å². The third-order valence-electron chi connectivity index (χ3n) is 6.84. The second kappa shape index (κ2) is 12.0. The Hall–Kier alpha value is -4.75. The van der Waals surface area contributed by atoms with E-state index in [9.17, 15) is 5.26 Å². The second-order valence-corrected chi connectivity index (χ2v) is 9.98. The van der Waals surface area contributed by atoms with Crippen molar-refractivity contribution in [2.24, 2.45) is 0 Å². The van der Waals surface area contributed by atoms with E-state index in [-0.39, 0.29) is 6.10 Å². The van der Waals surface area contributed by atoms with Crippen LogP contribution >= 0.6 is 0 Å². The van der Waals surface area contributed by atoms with Crippen LogP contribution in [0.3, 0.4) is 0 Å². The van der Waals surface area contributed by atoms with Crippen LogP contribution < -0.4 is 15.0 Å². The second-order valence-electron chi connectivity index (χ2n) is 9.98. The third kappa shape index (κ3) is 5.80. The molecule has 2 N–H and O–H groups in total. The summed E-state index contributed by atoms with van der Waals surface area (Å²) in [5, 5.41) is 24.9. The minimum atomic E-state index is 0.113. The molecule has 1 aliphatic rings. The van der Waals surface area contributed by atoms with Crippen molar-refractivity contribution in [2.45, 2.75) is 26.5 Å². The van der Waals surface area contributed by atoms with Crippen LogP contribution in [0.2, 0.25) is 0 Å². The van der Waals surface area contributed by atoms with Crippen molar-refractivity contribution >= 4 is 23.1 Å². The van der Waals surface area contributed by atoms with Gasteiger partial charge in [0.2, 0.25) is 5.88 Å². The number of rotatable bonds is 9. The molecule has 0 amide bonds. The van der Waals surface area contributed by atoms with E-state index >= 15 is 0 Å². The summed E-state index contributed by atoms with van der Waals surface area (Å²) >= 11 is 0. The minimum absolute atomic E-state index is 0.113. The van der Waals surface area contributed by atoms with Gasteiger partial charge in [-0.1, -0.05) is 6.07 Å². The zero-order valence-electron chi connectivity index (χ0n) is 23.0. The van der Waals surface area contributed by atoms with E-state index in [1.165, 1.54) is 11.8 Å². The molecule has 10 nitrogen and oxygen atoms in total. The number of pyridine rings is 3. The number of nitrogens with one attached hydrogen (secondary N) is 2. The van der Waals surface area contributed by atoms with Crippen LogP contribution in [-0.4, -0.2) is 70.0 Å². The molecule has 5 heterocycles. The zero-order valence-corrected chi connectivity index (χ0v) is 23.0. The van der Waals surface area contributed by atoms with Gasteiger partial charge in [0.1, 0.15) is 11.9 Å². The summed E-state index contributed by atoms with van der Waals surface area (Å²) < 4.78 is 7.35. The summed E-state index contributed by atoms with van der Waals surface area (Å²) in [6.07, 6.45) is 10.3. The van der Waals surface area contributed by atoms with Gasteiger partial charge >= 0.3 is 0 Å². The van der Waals surface area contributed by atoms with Crippen LogP contribution in [0, 0.1) is 16.7 Å². The maximum Gasteiger partial charge on any atom is 0.213 e. The molecule has 204 valence electrons. The van der Waals surface area contributed by atoms with Gasteiger partial charge in [-0.05, 0) is 37.6 Å². The minimum Gasteiger partial charge on any atom is -0.475 e. The number of anilines is 1. The van der Waals surface area contributed by atoms with Crippen molar-refractivity contribution in [1.82, 2.24) is 29.8 Å². The zero-order chi connectivity index (χ0) is 28.1.